The molecule has 1 nitrogen and oxygen atoms in total. The van der Waals surface area contributed by atoms with Gasteiger partial charge in [0.25, 0.3) is 0 Å². The summed E-state index contributed by atoms with van der Waals surface area (Å²) in [6.07, 6.45) is 0. The van der Waals surface area contributed by atoms with E-state index in [1.54, 1.807) is 30.3 Å². The van der Waals surface area contributed by atoms with Crippen LogP contribution in [-0.2, 0) is 0 Å². The maximum absolute atomic E-state index is 9.87. The molecule has 0 aliphatic carbocycles. The largest absolute Gasteiger partial charge is 1.00 e. The molecule has 0 saturated heterocycles. The topological polar surface area (TPSA) is 20.2 Å². The number of aromatic hydroxyl groups is 1. The number of phenols is 1. The molecule has 17 heavy (non-hydrogen) atoms. The predicted molar refractivity (Wildman–Crippen MR) is 77.4 cm³/mol. The first kappa shape index (κ1) is 15.6. The average Bonchev–Trinajstić information content (AvgIpc) is 2.21. The molecule has 0 unspecified atom stereocenters. The minimum atomic E-state index is 0. The van der Waals surface area contributed by atoms with Crippen LogP contribution in [0.25, 0.3) is 11.1 Å². The summed E-state index contributed by atoms with van der Waals surface area (Å²) in [5, 5.41) is 10.9. The summed E-state index contributed by atoms with van der Waals surface area (Å²) in [6.45, 7) is 0. The molecule has 0 radical (unpaired) electrons. The Labute approximate surface area is 147 Å². The van der Waals surface area contributed by atoms with Gasteiger partial charge in [-0.1, -0.05) is 35.3 Å². The number of phenolic OH excluding ortho intramolecular Hbond substituents is 1. The fourth-order valence-electron chi connectivity index (χ4n) is 1.50. The van der Waals surface area contributed by atoms with Gasteiger partial charge in [0.2, 0.25) is 0 Å². The number of halogens is 3. The van der Waals surface area contributed by atoms with E-state index < -0.39 is 0 Å². The molecule has 84 valence electrons. The van der Waals surface area contributed by atoms with Gasteiger partial charge < -0.3 is 6.53 Å². The van der Waals surface area contributed by atoms with Crippen molar-refractivity contribution in [1.29, 1.82) is 0 Å². The molecule has 0 aromatic heterocycles. The molecule has 1 N–H and O–H groups in total. The van der Waals surface area contributed by atoms with E-state index in [1.165, 1.54) is 0 Å². The molecule has 0 atom stereocenters. The van der Waals surface area contributed by atoms with Gasteiger partial charge in [-0.3, -0.25) is 0 Å². The summed E-state index contributed by atoms with van der Waals surface area (Å²) in [4.78, 5) is 0. The SMILES string of the molecule is Oc1cccc(I)c1-c1c(Cl)cccc1Cl.[H-].[Na+]. The van der Waals surface area contributed by atoms with Gasteiger partial charge in [-0.2, -0.15) is 0 Å². The fourth-order valence-corrected chi connectivity index (χ4v) is 2.84. The van der Waals surface area contributed by atoms with Crippen molar-refractivity contribution >= 4 is 45.8 Å². The second-order valence-electron chi connectivity index (χ2n) is 3.23. The summed E-state index contributed by atoms with van der Waals surface area (Å²) < 4.78 is 0.910. The third-order valence-corrected chi connectivity index (χ3v) is 3.73. The van der Waals surface area contributed by atoms with Crippen LogP contribution < -0.4 is 29.6 Å². The van der Waals surface area contributed by atoms with Crippen molar-refractivity contribution in [3.63, 3.8) is 0 Å². The van der Waals surface area contributed by atoms with Crippen LogP contribution in [0.4, 0.5) is 0 Å². The quantitative estimate of drug-likeness (QED) is 0.586. The van der Waals surface area contributed by atoms with Crippen molar-refractivity contribution in [1.82, 2.24) is 0 Å². The van der Waals surface area contributed by atoms with E-state index in [1.807, 2.05) is 6.07 Å². The molecule has 0 amide bonds. The molecular weight excluding hydrogens is 381 g/mol. The Morgan fingerprint density at radius 1 is 0.941 bits per heavy atom. The van der Waals surface area contributed by atoms with Crippen LogP contribution in [0.1, 0.15) is 1.43 Å². The standard InChI is InChI=1S/C12H7Cl2IO.Na.H/c13-7-3-1-4-8(14)11(7)12-9(15)5-2-6-10(12)16;;/h1-6,16H;;/q;+1;-1. The summed E-state index contributed by atoms with van der Waals surface area (Å²) >= 11 is 14.4. The Balaban J connectivity index is 0.00000144. The Hall–Kier alpha value is 0.550. The van der Waals surface area contributed by atoms with Gasteiger partial charge in [-0.25, -0.2) is 0 Å². The fraction of sp³-hybridized carbons (Fsp3) is 0. The molecule has 0 bridgehead atoms. The first-order chi connectivity index (χ1) is 7.61. The van der Waals surface area contributed by atoms with Crippen LogP contribution in [0.3, 0.4) is 0 Å². The van der Waals surface area contributed by atoms with Crippen LogP contribution in [0.5, 0.6) is 5.75 Å². The zero-order valence-corrected chi connectivity index (χ0v) is 14.7. The van der Waals surface area contributed by atoms with Gasteiger partial charge in [0.15, 0.2) is 0 Å². The molecule has 2 aromatic carbocycles. The molecule has 0 heterocycles. The van der Waals surface area contributed by atoms with Crippen molar-refractivity contribution in [2.24, 2.45) is 0 Å². The molecule has 0 aliphatic heterocycles. The molecular formula is C12H8Cl2INaO. The Morgan fingerprint density at radius 3 is 2.00 bits per heavy atom. The first-order valence-electron chi connectivity index (χ1n) is 4.53. The molecule has 5 heteroatoms. The van der Waals surface area contributed by atoms with Gasteiger partial charge in [0.1, 0.15) is 5.75 Å². The van der Waals surface area contributed by atoms with E-state index in [4.69, 9.17) is 23.2 Å². The monoisotopic (exact) mass is 388 g/mol. The number of hydrogen-bond donors (Lipinski definition) is 1. The van der Waals surface area contributed by atoms with Gasteiger partial charge in [0, 0.05) is 14.7 Å². The van der Waals surface area contributed by atoms with E-state index in [0.717, 1.165) is 3.57 Å². The molecule has 2 rings (SSSR count). The van der Waals surface area contributed by atoms with Crippen molar-refractivity contribution < 1.29 is 36.1 Å². The first-order valence-corrected chi connectivity index (χ1v) is 6.36. The van der Waals surface area contributed by atoms with Crippen molar-refractivity contribution in [3.8, 4) is 16.9 Å². The zero-order chi connectivity index (χ0) is 11.7. The van der Waals surface area contributed by atoms with Crippen LogP contribution >= 0.6 is 45.8 Å². The van der Waals surface area contributed by atoms with Crippen molar-refractivity contribution in [2.75, 3.05) is 0 Å². The van der Waals surface area contributed by atoms with Gasteiger partial charge in [0.05, 0.1) is 10.0 Å². The number of rotatable bonds is 1. The summed E-state index contributed by atoms with van der Waals surface area (Å²) in [5.74, 6) is 0.182. The summed E-state index contributed by atoms with van der Waals surface area (Å²) in [7, 11) is 0. The predicted octanol–water partition coefficient (Wildman–Crippen LogP) is 2.09. The molecule has 0 saturated carbocycles. The van der Waals surface area contributed by atoms with Crippen LogP contribution in [-0.4, -0.2) is 5.11 Å². The maximum atomic E-state index is 9.87. The summed E-state index contributed by atoms with van der Waals surface area (Å²) in [5.41, 5.74) is 1.35. The van der Waals surface area contributed by atoms with E-state index in [0.29, 0.717) is 21.2 Å². The molecule has 0 fully saturated rings. The molecule has 2 aromatic rings. The van der Waals surface area contributed by atoms with Gasteiger partial charge in [-0.05, 0) is 46.9 Å². The molecule has 0 aliphatic rings. The zero-order valence-electron chi connectivity index (χ0n) is 10.0. The van der Waals surface area contributed by atoms with Crippen molar-refractivity contribution in [2.45, 2.75) is 0 Å². The normalized spacial score (nSPS) is 9.82. The smallest absolute Gasteiger partial charge is 1.00 e. The van der Waals surface area contributed by atoms with Gasteiger partial charge >= 0.3 is 29.6 Å². The third kappa shape index (κ3) is 3.31. The third-order valence-electron chi connectivity index (χ3n) is 2.20. The Kier molecular flexibility index (Phi) is 6.10. The summed E-state index contributed by atoms with van der Waals surface area (Å²) in [6, 6.07) is 10.6. The van der Waals surface area contributed by atoms with E-state index >= 15 is 0 Å². The number of benzene rings is 2. The van der Waals surface area contributed by atoms with E-state index in [-0.39, 0.29) is 36.7 Å². The van der Waals surface area contributed by atoms with E-state index in [2.05, 4.69) is 22.6 Å². The van der Waals surface area contributed by atoms with E-state index in [9.17, 15) is 5.11 Å². The Morgan fingerprint density at radius 2 is 1.47 bits per heavy atom. The van der Waals surface area contributed by atoms with Crippen LogP contribution in [0.15, 0.2) is 36.4 Å². The second kappa shape index (κ2) is 6.64. The average molecular weight is 389 g/mol. The maximum Gasteiger partial charge on any atom is 1.00 e. The van der Waals surface area contributed by atoms with Crippen molar-refractivity contribution in [3.05, 3.63) is 50.0 Å². The van der Waals surface area contributed by atoms with Crippen LogP contribution in [0, 0.1) is 3.57 Å². The minimum Gasteiger partial charge on any atom is -1.00 e. The molecule has 0 spiro atoms. The van der Waals surface area contributed by atoms with Gasteiger partial charge in [-0.15, -0.1) is 0 Å². The number of hydrogen-bond acceptors (Lipinski definition) is 1. The minimum absolute atomic E-state index is 0. The van der Waals surface area contributed by atoms with Crippen LogP contribution in [0.2, 0.25) is 10.0 Å². The second-order valence-corrected chi connectivity index (χ2v) is 5.21. The Bertz CT molecular complexity index is 462.